The van der Waals surface area contributed by atoms with Crippen LogP contribution in [0.4, 0.5) is 0 Å². The van der Waals surface area contributed by atoms with Crippen LogP contribution < -0.4 is 0 Å². The standard InChI is InChI=1S/C20H24O/c1-3-4-9-15(2)21-14-20-18-12-7-5-10-16(18)17-11-6-8-13-19(17)20/h5-8,10-13,15,20H,3-4,9,14H2,1-2H3. The van der Waals surface area contributed by atoms with Crippen LogP contribution in [0.5, 0.6) is 0 Å². The molecule has 1 aliphatic rings. The number of unbranched alkanes of at least 4 members (excludes halogenated alkanes) is 1. The second kappa shape index (κ2) is 6.44. The van der Waals surface area contributed by atoms with Gasteiger partial charge in [-0.1, -0.05) is 68.3 Å². The second-order valence-electron chi connectivity index (χ2n) is 6.01. The number of ether oxygens (including phenoxy) is 1. The van der Waals surface area contributed by atoms with Gasteiger partial charge in [-0.2, -0.15) is 0 Å². The highest BCUT2D eigenvalue weighted by atomic mass is 16.5. The van der Waals surface area contributed by atoms with E-state index >= 15 is 0 Å². The highest BCUT2D eigenvalue weighted by Gasteiger charge is 2.28. The molecule has 0 saturated carbocycles. The summed E-state index contributed by atoms with van der Waals surface area (Å²) in [5, 5.41) is 0. The molecule has 0 bridgehead atoms. The Morgan fingerprint density at radius 2 is 1.52 bits per heavy atom. The summed E-state index contributed by atoms with van der Waals surface area (Å²) >= 11 is 0. The number of benzene rings is 2. The third kappa shape index (κ3) is 2.89. The molecule has 0 N–H and O–H groups in total. The molecule has 0 amide bonds. The van der Waals surface area contributed by atoms with E-state index in [2.05, 4.69) is 62.4 Å². The summed E-state index contributed by atoms with van der Waals surface area (Å²) in [6.45, 7) is 5.22. The van der Waals surface area contributed by atoms with Crippen molar-refractivity contribution in [2.24, 2.45) is 0 Å². The molecule has 2 aromatic rings. The van der Waals surface area contributed by atoms with E-state index in [1.54, 1.807) is 0 Å². The van der Waals surface area contributed by atoms with Crippen LogP contribution in [0.25, 0.3) is 11.1 Å². The van der Waals surface area contributed by atoms with Gasteiger partial charge in [0.25, 0.3) is 0 Å². The quantitative estimate of drug-likeness (QED) is 0.689. The molecular formula is C20H24O. The molecule has 1 heteroatoms. The zero-order valence-electron chi connectivity index (χ0n) is 13.0. The average molecular weight is 280 g/mol. The smallest absolute Gasteiger partial charge is 0.0579 e. The summed E-state index contributed by atoms with van der Waals surface area (Å²) in [6, 6.07) is 17.5. The molecule has 1 aliphatic carbocycles. The molecule has 0 fully saturated rings. The average Bonchev–Trinajstić information content (AvgIpc) is 2.85. The van der Waals surface area contributed by atoms with Gasteiger partial charge in [-0.05, 0) is 35.6 Å². The van der Waals surface area contributed by atoms with Crippen molar-refractivity contribution in [3.05, 3.63) is 59.7 Å². The Kier molecular flexibility index (Phi) is 4.40. The maximum atomic E-state index is 6.14. The number of fused-ring (bicyclic) bond motifs is 3. The Morgan fingerprint density at radius 3 is 2.10 bits per heavy atom. The predicted molar refractivity (Wildman–Crippen MR) is 88.7 cm³/mol. The van der Waals surface area contributed by atoms with E-state index in [4.69, 9.17) is 4.74 Å². The minimum absolute atomic E-state index is 0.352. The monoisotopic (exact) mass is 280 g/mol. The summed E-state index contributed by atoms with van der Waals surface area (Å²) in [5.74, 6) is 0.390. The van der Waals surface area contributed by atoms with Gasteiger partial charge >= 0.3 is 0 Å². The van der Waals surface area contributed by atoms with Crippen LogP contribution in [-0.4, -0.2) is 12.7 Å². The summed E-state index contributed by atoms with van der Waals surface area (Å²) in [6.07, 6.45) is 4.00. The summed E-state index contributed by atoms with van der Waals surface area (Å²) in [7, 11) is 0. The maximum absolute atomic E-state index is 6.14. The van der Waals surface area contributed by atoms with Crippen molar-refractivity contribution in [2.45, 2.75) is 45.1 Å². The fourth-order valence-corrected chi connectivity index (χ4v) is 3.27. The fraction of sp³-hybridized carbons (Fsp3) is 0.400. The summed E-state index contributed by atoms with van der Waals surface area (Å²) in [4.78, 5) is 0. The minimum atomic E-state index is 0.352. The van der Waals surface area contributed by atoms with E-state index in [0.717, 1.165) is 13.0 Å². The number of hydrogen-bond donors (Lipinski definition) is 0. The third-order valence-corrected chi connectivity index (χ3v) is 4.47. The van der Waals surface area contributed by atoms with E-state index in [-0.39, 0.29) is 0 Å². The zero-order valence-corrected chi connectivity index (χ0v) is 13.0. The van der Waals surface area contributed by atoms with E-state index in [0.29, 0.717) is 12.0 Å². The Labute approximate surface area is 128 Å². The van der Waals surface area contributed by atoms with Crippen molar-refractivity contribution < 1.29 is 4.74 Å². The molecule has 3 rings (SSSR count). The van der Waals surface area contributed by atoms with Gasteiger partial charge < -0.3 is 4.74 Å². The molecule has 0 saturated heterocycles. The molecule has 1 atom stereocenters. The first-order valence-corrected chi connectivity index (χ1v) is 8.11. The molecule has 21 heavy (non-hydrogen) atoms. The van der Waals surface area contributed by atoms with Crippen LogP contribution in [0, 0.1) is 0 Å². The molecule has 1 nitrogen and oxygen atoms in total. The number of hydrogen-bond acceptors (Lipinski definition) is 1. The lowest BCUT2D eigenvalue weighted by molar-refractivity contribution is 0.0544. The minimum Gasteiger partial charge on any atom is -0.378 e. The Balaban J connectivity index is 1.79. The molecule has 0 heterocycles. The van der Waals surface area contributed by atoms with Crippen molar-refractivity contribution >= 4 is 0 Å². The summed E-state index contributed by atoms with van der Waals surface area (Å²) < 4.78 is 6.14. The Bertz CT molecular complexity index is 557. The Hall–Kier alpha value is -1.60. The van der Waals surface area contributed by atoms with Gasteiger partial charge in [-0.25, -0.2) is 0 Å². The van der Waals surface area contributed by atoms with Crippen molar-refractivity contribution in [3.8, 4) is 11.1 Å². The van der Waals surface area contributed by atoms with Crippen LogP contribution in [0.15, 0.2) is 48.5 Å². The highest BCUT2D eigenvalue weighted by molar-refractivity contribution is 5.78. The normalized spacial score (nSPS) is 14.8. The van der Waals surface area contributed by atoms with Crippen LogP contribution in [0.1, 0.15) is 50.2 Å². The highest BCUT2D eigenvalue weighted by Crippen LogP contribution is 2.44. The topological polar surface area (TPSA) is 9.23 Å². The van der Waals surface area contributed by atoms with Gasteiger partial charge in [0.15, 0.2) is 0 Å². The van der Waals surface area contributed by atoms with Crippen molar-refractivity contribution in [1.29, 1.82) is 0 Å². The van der Waals surface area contributed by atoms with Gasteiger partial charge in [0.1, 0.15) is 0 Å². The molecule has 1 unspecified atom stereocenters. The third-order valence-electron chi connectivity index (χ3n) is 4.47. The van der Waals surface area contributed by atoms with Gasteiger partial charge in [0.05, 0.1) is 12.7 Å². The SMILES string of the molecule is CCCCC(C)OCC1c2ccccc2-c2ccccc21. The molecule has 2 aromatic carbocycles. The lowest BCUT2D eigenvalue weighted by Crippen LogP contribution is -2.14. The lowest BCUT2D eigenvalue weighted by Gasteiger charge is -2.18. The lowest BCUT2D eigenvalue weighted by atomic mass is 9.98. The first kappa shape index (κ1) is 14.3. The van der Waals surface area contributed by atoms with Crippen LogP contribution in [0.2, 0.25) is 0 Å². The van der Waals surface area contributed by atoms with Crippen molar-refractivity contribution in [2.75, 3.05) is 6.61 Å². The first-order chi connectivity index (χ1) is 10.3. The Morgan fingerprint density at radius 1 is 0.952 bits per heavy atom. The maximum Gasteiger partial charge on any atom is 0.0579 e. The van der Waals surface area contributed by atoms with Crippen LogP contribution in [-0.2, 0) is 4.74 Å². The van der Waals surface area contributed by atoms with Crippen molar-refractivity contribution in [1.82, 2.24) is 0 Å². The zero-order chi connectivity index (χ0) is 14.7. The van der Waals surface area contributed by atoms with Crippen LogP contribution >= 0.6 is 0 Å². The van der Waals surface area contributed by atoms with Crippen LogP contribution in [0.3, 0.4) is 0 Å². The fourth-order valence-electron chi connectivity index (χ4n) is 3.27. The molecule has 0 aromatic heterocycles. The molecule has 0 aliphatic heterocycles. The summed E-state index contributed by atoms with van der Waals surface area (Å²) in [5.41, 5.74) is 5.59. The van der Waals surface area contributed by atoms with Gasteiger partial charge in [-0.15, -0.1) is 0 Å². The van der Waals surface area contributed by atoms with E-state index in [1.807, 2.05) is 0 Å². The molecular weight excluding hydrogens is 256 g/mol. The van der Waals surface area contributed by atoms with Crippen molar-refractivity contribution in [3.63, 3.8) is 0 Å². The van der Waals surface area contributed by atoms with Gasteiger partial charge in [0, 0.05) is 5.92 Å². The molecule has 0 radical (unpaired) electrons. The van der Waals surface area contributed by atoms with E-state index in [1.165, 1.54) is 35.1 Å². The van der Waals surface area contributed by atoms with E-state index in [9.17, 15) is 0 Å². The number of rotatable bonds is 6. The first-order valence-electron chi connectivity index (χ1n) is 8.11. The predicted octanol–water partition coefficient (Wildman–Crippen LogP) is 5.39. The van der Waals surface area contributed by atoms with E-state index < -0.39 is 0 Å². The largest absolute Gasteiger partial charge is 0.378 e. The molecule has 110 valence electrons. The molecule has 0 spiro atoms. The van der Waals surface area contributed by atoms with Gasteiger partial charge in [0.2, 0.25) is 0 Å². The van der Waals surface area contributed by atoms with Gasteiger partial charge in [-0.3, -0.25) is 0 Å². The second-order valence-corrected chi connectivity index (χ2v) is 6.01.